The zero-order valence-electron chi connectivity index (χ0n) is 19.6. The number of benzene rings is 2. The van der Waals surface area contributed by atoms with Crippen LogP contribution in [0.25, 0.3) is 0 Å². The van der Waals surface area contributed by atoms with E-state index in [1.165, 1.54) is 28.1 Å². The summed E-state index contributed by atoms with van der Waals surface area (Å²) in [4.78, 5) is 12.6. The van der Waals surface area contributed by atoms with E-state index in [1.807, 2.05) is 24.3 Å². The molecule has 0 unspecified atom stereocenters. The number of carbonyl (C=O) groups is 1. The Hall–Kier alpha value is -2.09. The van der Waals surface area contributed by atoms with E-state index in [4.69, 9.17) is 16.3 Å². The highest BCUT2D eigenvalue weighted by Crippen LogP contribution is 2.28. The molecule has 1 saturated heterocycles. The topological polar surface area (TPSA) is 75.7 Å². The van der Waals surface area contributed by atoms with Gasteiger partial charge >= 0.3 is 0 Å². The molecule has 0 bridgehead atoms. The average molecular weight is 493 g/mol. The molecule has 8 heteroatoms. The SMILES string of the molecule is CC(C)(C)c1ccc(OCCNC(=O)c2ccc(Cl)c(S(=O)(=O)N3CCCCCC3)c2)cc1. The first-order valence-electron chi connectivity index (χ1n) is 11.4. The summed E-state index contributed by atoms with van der Waals surface area (Å²) in [5.41, 5.74) is 1.55. The van der Waals surface area contributed by atoms with Crippen molar-refractivity contribution in [1.82, 2.24) is 9.62 Å². The summed E-state index contributed by atoms with van der Waals surface area (Å²) >= 11 is 6.22. The van der Waals surface area contributed by atoms with Gasteiger partial charge in [0.15, 0.2) is 0 Å². The van der Waals surface area contributed by atoms with Crippen molar-refractivity contribution in [3.63, 3.8) is 0 Å². The van der Waals surface area contributed by atoms with Gasteiger partial charge in [0.05, 0.1) is 11.6 Å². The van der Waals surface area contributed by atoms with E-state index in [-0.39, 0.29) is 33.3 Å². The largest absolute Gasteiger partial charge is 0.492 e. The molecule has 1 heterocycles. The van der Waals surface area contributed by atoms with Crippen LogP contribution in [0.5, 0.6) is 5.75 Å². The van der Waals surface area contributed by atoms with Crippen molar-refractivity contribution < 1.29 is 17.9 Å². The molecule has 6 nitrogen and oxygen atoms in total. The molecule has 0 saturated carbocycles. The molecule has 1 fully saturated rings. The van der Waals surface area contributed by atoms with Crippen molar-refractivity contribution in [2.45, 2.75) is 56.8 Å². The van der Waals surface area contributed by atoms with E-state index < -0.39 is 10.0 Å². The molecule has 33 heavy (non-hydrogen) atoms. The van der Waals surface area contributed by atoms with Gasteiger partial charge in [-0.3, -0.25) is 4.79 Å². The second-order valence-corrected chi connectivity index (χ2v) is 11.7. The highest BCUT2D eigenvalue weighted by atomic mass is 35.5. The molecule has 1 N–H and O–H groups in total. The van der Waals surface area contributed by atoms with E-state index in [0.29, 0.717) is 19.7 Å². The van der Waals surface area contributed by atoms with Gasteiger partial charge in [-0.1, -0.05) is 57.3 Å². The van der Waals surface area contributed by atoms with Gasteiger partial charge < -0.3 is 10.1 Å². The van der Waals surface area contributed by atoms with Gasteiger partial charge in [-0.15, -0.1) is 0 Å². The Morgan fingerprint density at radius 1 is 1.03 bits per heavy atom. The maximum Gasteiger partial charge on any atom is 0.251 e. The molecule has 0 atom stereocenters. The minimum absolute atomic E-state index is 0.0195. The first-order chi connectivity index (χ1) is 15.6. The van der Waals surface area contributed by atoms with Crippen LogP contribution in [0.3, 0.4) is 0 Å². The maximum absolute atomic E-state index is 13.1. The number of hydrogen-bond donors (Lipinski definition) is 1. The molecule has 1 amide bonds. The normalized spacial score (nSPS) is 15.6. The molecule has 1 aliphatic heterocycles. The second kappa shape index (κ2) is 10.9. The lowest BCUT2D eigenvalue weighted by Crippen LogP contribution is -2.32. The summed E-state index contributed by atoms with van der Waals surface area (Å²) in [7, 11) is -3.75. The van der Waals surface area contributed by atoms with Crippen molar-refractivity contribution in [2.24, 2.45) is 0 Å². The molecule has 0 aliphatic carbocycles. The Morgan fingerprint density at radius 2 is 1.67 bits per heavy atom. The van der Waals surface area contributed by atoms with Crippen LogP contribution in [0.1, 0.15) is 62.4 Å². The van der Waals surface area contributed by atoms with Gasteiger partial charge in [-0.25, -0.2) is 8.42 Å². The number of ether oxygens (including phenoxy) is 1. The zero-order chi connectivity index (χ0) is 24.1. The van der Waals surface area contributed by atoms with E-state index >= 15 is 0 Å². The monoisotopic (exact) mass is 492 g/mol. The summed E-state index contributed by atoms with van der Waals surface area (Å²) < 4.78 is 33.4. The molecular weight excluding hydrogens is 460 g/mol. The fraction of sp³-hybridized carbons (Fsp3) is 0.480. The van der Waals surface area contributed by atoms with Crippen LogP contribution in [0.4, 0.5) is 0 Å². The molecule has 0 aromatic heterocycles. The standard InChI is InChI=1S/C25H33ClN2O4S/c1-25(2,3)20-9-11-21(12-10-20)32-17-14-27-24(29)19-8-13-22(26)23(18-19)33(30,31)28-15-6-4-5-7-16-28/h8-13,18H,4-7,14-17H2,1-3H3,(H,27,29). The minimum atomic E-state index is -3.75. The first-order valence-corrected chi connectivity index (χ1v) is 13.2. The molecular formula is C25H33ClN2O4S. The maximum atomic E-state index is 13.1. The lowest BCUT2D eigenvalue weighted by Gasteiger charge is -2.21. The average Bonchev–Trinajstić information content (AvgIpc) is 3.07. The van der Waals surface area contributed by atoms with Gasteiger partial charge in [0.25, 0.3) is 5.91 Å². The third-order valence-electron chi connectivity index (χ3n) is 5.75. The predicted octanol–water partition coefficient (Wildman–Crippen LogP) is 5.01. The van der Waals surface area contributed by atoms with Crippen LogP contribution in [0, 0.1) is 0 Å². The summed E-state index contributed by atoms with van der Waals surface area (Å²) in [6.07, 6.45) is 3.70. The van der Waals surface area contributed by atoms with Gasteiger partial charge in [0.1, 0.15) is 17.3 Å². The highest BCUT2D eigenvalue weighted by Gasteiger charge is 2.28. The zero-order valence-corrected chi connectivity index (χ0v) is 21.1. The van der Waals surface area contributed by atoms with Crippen LogP contribution >= 0.6 is 11.6 Å². The van der Waals surface area contributed by atoms with Gasteiger partial charge in [0, 0.05) is 18.7 Å². The smallest absolute Gasteiger partial charge is 0.251 e. The van der Waals surface area contributed by atoms with Gasteiger partial charge in [-0.05, 0) is 54.2 Å². The Morgan fingerprint density at radius 3 is 2.27 bits per heavy atom. The summed E-state index contributed by atoms with van der Waals surface area (Å²) in [6.45, 7) is 8.00. The second-order valence-electron chi connectivity index (χ2n) is 9.34. The van der Waals surface area contributed by atoms with E-state index in [1.54, 1.807) is 0 Å². The molecule has 180 valence electrons. The van der Waals surface area contributed by atoms with Crippen LogP contribution in [-0.2, 0) is 15.4 Å². The number of hydrogen-bond acceptors (Lipinski definition) is 4. The number of carbonyl (C=O) groups excluding carboxylic acids is 1. The highest BCUT2D eigenvalue weighted by molar-refractivity contribution is 7.89. The van der Waals surface area contributed by atoms with Crippen molar-refractivity contribution in [2.75, 3.05) is 26.2 Å². The lowest BCUT2D eigenvalue weighted by atomic mass is 9.87. The number of nitrogens with zero attached hydrogens (tertiary/aromatic N) is 1. The van der Waals surface area contributed by atoms with Crippen LogP contribution < -0.4 is 10.1 Å². The van der Waals surface area contributed by atoms with Crippen molar-refractivity contribution in [3.8, 4) is 5.75 Å². The fourth-order valence-electron chi connectivity index (χ4n) is 3.75. The minimum Gasteiger partial charge on any atom is -0.492 e. The number of halogens is 1. The summed E-state index contributed by atoms with van der Waals surface area (Å²) in [5, 5.41) is 2.90. The Bertz CT molecular complexity index is 1050. The molecule has 0 spiro atoms. The Labute approximate surface area is 202 Å². The summed E-state index contributed by atoms with van der Waals surface area (Å²) in [6, 6.07) is 12.3. The summed E-state index contributed by atoms with van der Waals surface area (Å²) in [5.74, 6) is 0.361. The van der Waals surface area contributed by atoms with E-state index in [2.05, 4.69) is 26.1 Å². The molecule has 3 rings (SSSR count). The van der Waals surface area contributed by atoms with E-state index in [0.717, 1.165) is 31.4 Å². The Kier molecular flexibility index (Phi) is 8.43. The predicted molar refractivity (Wildman–Crippen MR) is 132 cm³/mol. The fourth-order valence-corrected chi connectivity index (χ4v) is 5.77. The van der Waals surface area contributed by atoms with E-state index in [9.17, 15) is 13.2 Å². The van der Waals surface area contributed by atoms with Crippen LogP contribution in [0.2, 0.25) is 5.02 Å². The number of amides is 1. The van der Waals surface area contributed by atoms with Gasteiger partial charge in [0.2, 0.25) is 10.0 Å². The molecule has 2 aromatic carbocycles. The van der Waals surface area contributed by atoms with Crippen molar-refractivity contribution in [1.29, 1.82) is 0 Å². The lowest BCUT2D eigenvalue weighted by molar-refractivity contribution is 0.0946. The van der Waals surface area contributed by atoms with Gasteiger partial charge in [-0.2, -0.15) is 4.31 Å². The number of rotatable bonds is 7. The van der Waals surface area contributed by atoms with Crippen molar-refractivity contribution in [3.05, 3.63) is 58.6 Å². The molecule has 1 aliphatic rings. The number of nitrogens with one attached hydrogen (secondary N) is 1. The Balaban J connectivity index is 1.59. The van der Waals surface area contributed by atoms with Crippen LogP contribution in [-0.4, -0.2) is 44.9 Å². The third-order valence-corrected chi connectivity index (χ3v) is 8.13. The molecule has 0 radical (unpaired) electrons. The number of sulfonamides is 1. The third kappa shape index (κ3) is 6.71. The molecule has 2 aromatic rings. The first kappa shape index (κ1) is 25.5. The van der Waals surface area contributed by atoms with Crippen molar-refractivity contribution >= 4 is 27.5 Å². The van der Waals surface area contributed by atoms with Crippen LogP contribution in [0.15, 0.2) is 47.4 Å². The quantitative estimate of drug-likeness (QED) is 0.551.